The van der Waals surface area contributed by atoms with Crippen LogP contribution in [-0.4, -0.2) is 17.6 Å². The summed E-state index contributed by atoms with van der Waals surface area (Å²) in [5.41, 5.74) is 6.53. The largest absolute Gasteiger partial charge is 0.481 e. The van der Waals surface area contributed by atoms with E-state index in [1.165, 1.54) is 0 Å². The molecule has 2 aromatic carbocycles. The third kappa shape index (κ3) is 3.00. The molecule has 0 aliphatic carbocycles. The van der Waals surface area contributed by atoms with Crippen molar-refractivity contribution < 1.29 is 9.90 Å². The predicted molar refractivity (Wildman–Crippen MR) is 75.1 cm³/mol. The van der Waals surface area contributed by atoms with Gasteiger partial charge in [-0.1, -0.05) is 42.5 Å². The molecule has 0 saturated heterocycles. The van der Waals surface area contributed by atoms with Crippen LogP contribution in [0.4, 0.5) is 0 Å². The van der Waals surface area contributed by atoms with Gasteiger partial charge in [0, 0.05) is 6.54 Å². The van der Waals surface area contributed by atoms with Gasteiger partial charge in [-0.25, -0.2) is 0 Å². The summed E-state index contributed by atoms with van der Waals surface area (Å²) in [5, 5.41) is 11.3. The van der Waals surface area contributed by atoms with Gasteiger partial charge in [0.1, 0.15) is 0 Å². The minimum absolute atomic E-state index is 0. The summed E-state index contributed by atoms with van der Waals surface area (Å²) < 4.78 is 0. The zero-order valence-corrected chi connectivity index (χ0v) is 10.7. The second-order valence-corrected chi connectivity index (χ2v) is 4.11. The Morgan fingerprint density at radius 2 is 1.83 bits per heavy atom. The van der Waals surface area contributed by atoms with Crippen molar-refractivity contribution in [3.63, 3.8) is 0 Å². The molecule has 0 unspecified atom stereocenters. The van der Waals surface area contributed by atoms with E-state index in [1.54, 1.807) is 0 Å². The fourth-order valence-electron chi connectivity index (χ4n) is 2.01. The normalized spacial score (nSPS) is 11.8. The first-order chi connectivity index (χ1) is 8.22. The van der Waals surface area contributed by atoms with Crippen molar-refractivity contribution in [1.82, 2.24) is 0 Å². The Morgan fingerprint density at radius 1 is 1.17 bits per heavy atom. The number of aliphatic carboxylic acids is 1. The van der Waals surface area contributed by atoms with Crippen molar-refractivity contribution in [2.75, 3.05) is 6.54 Å². The van der Waals surface area contributed by atoms with Crippen molar-refractivity contribution in [2.45, 2.75) is 6.42 Å². The molecule has 4 heteroatoms. The van der Waals surface area contributed by atoms with Crippen LogP contribution in [0.2, 0.25) is 0 Å². The third-order valence-electron chi connectivity index (χ3n) is 2.98. The predicted octanol–water partition coefficient (Wildman–Crippen LogP) is 2.46. The minimum atomic E-state index is -0.833. The van der Waals surface area contributed by atoms with Gasteiger partial charge in [0.25, 0.3) is 0 Å². The lowest BCUT2D eigenvalue weighted by molar-refractivity contribution is -0.141. The highest BCUT2D eigenvalue weighted by Crippen LogP contribution is 2.21. The van der Waals surface area contributed by atoms with E-state index in [0.29, 0.717) is 6.42 Å². The van der Waals surface area contributed by atoms with Crippen molar-refractivity contribution in [3.8, 4) is 0 Å². The van der Waals surface area contributed by atoms with Gasteiger partial charge in [-0.2, -0.15) is 0 Å². The van der Waals surface area contributed by atoms with Gasteiger partial charge in [-0.3, -0.25) is 4.79 Å². The molecule has 0 aliphatic heterocycles. The molecule has 18 heavy (non-hydrogen) atoms. The molecule has 1 atom stereocenters. The Labute approximate surface area is 112 Å². The molecule has 0 fully saturated rings. The van der Waals surface area contributed by atoms with Crippen molar-refractivity contribution in [3.05, 3.63) is 48.0 Å². The number of rotatable bonds is 4. The van der Waals surface area contributed by atoms with E-state index in [4.69, 9.17) is 10.8 Å². The molecule has 3 N–H and O–H groups in total. The number of nitrogens with two attached hydrogens (primary N) is 1. The average Bonchev–Trinajstić information content (AvgIpc) is 2.35. The van der Waals surface area contributed by atoms with Gasteiger partial charge in [0.2, 0.25) is 0 Å². The number of benzene rings is 2. The maximum Gasteiger partial charge on any atom is 0.308 e. The van der Waals surface area contributed by atoms with E-state index in [2.05, 4.69) is 0 Å². The van der Waals surface area contributed by atoms with Crippen LogP contribution in [0.15, 0.2) is 42.5 Å². The van der Waals surface area contributed by atoms with E-state index in [1.807, 2.05) is 42.5 Å². The lowest BCUT2D eigenvalue weighted by Crippen LogP contribution is -2.25. The summed E-state index contributed by atoms with van der Waals surface area (Å²) in [6, 6.07) is 13.9. The second kappa shape index (κ2) is 6.38. The molecule has 2 aromatic rings. The maximum absolute atomic E-state index is 11.0. The quantitative estimate of drug-likeness (QED) is 0.893. The minimum Gasteiger partial charge on any atom is -0.481 e. The van der Waals surface area contributed by atoms with Gasteiger partial charge in [-0.15, -0.1) is 12.4 Å². The number of carbonyl (C=O) groups is 1. The summed E-state index contributed by atoms with van der Waals surface area (Å²) in [6.45, 7) is 0.165. The standard InChI is InChI=1S/C14H15NO2.ClH/c15-9-12(14(16)17)8-11-6-3-5-10-4-1-2-7-13(10)11;/h1-7,12H,8-9,15H2,(H,16,17);1H/t12-;/m1./s1. The molecule has 0 heterocycles. The van der Waals surface area contributed by atoms with Crippen LogP contribution in [0.5, 0.6) is 0 Å². The fraction of sp³-hybridized carbons (Fsp3) is 0.214. The molecule has 0 bridgehead atoms. The Balaban J connectivity index is 0.00000162. The lowest BCUT2D eigenvalue weighted by atomic mass is 9.95. The van der Waals surface area contributed by atoms with E-state index < -0.39 is 11.9 Å². The van der Waals surface area contributed by atoms with E-state index in [-0.39, 0.29) is 19.0 Å². The van der Waals surface area contributed by atoms with Crippen LogP contribution in [0.3, 0.4) is 0 Å². The zero-order valence-electron chi connectivity index (χ0n) is 9.87. The third-order valence-corrected chi connectivity index (χ3v) is 2.98. The summed E-state index contributed by atoms with van der Waals surface area (Å²) in [5.74, 6) is -1.35. The lowest BCUT2D eigenvalue weighted by Gasteiger charge is -2.11. The Kier molecular flexibility index (Phi) is 5.13. The molecule has 0 aromatic heterocycles. The summed E-state index contributed by atoms with van der Waals surface area (Å²) >= 11 is 0. The van der Waals surface area contributed by atoms with Gasteiger partial charge in [0.05, 0.1) is 5.92 Å². The highest BCUT2D eigenvalue weighted by molar-refractivity contribution is 5.86. The number of carboxylic acid groups (broad SMARTS) is 1. The number of hydrogen-bond acceptors (Lipinski definition) is 2. The number of carboxylic acids is 1. The van der Waals surface area contributed by atoms with E-state index >= 15 is 0 Å². The van der Waals surface area contributed by atoms with Gasteiger partial charge >= 0.3 is 5.97 Å². The molecule has 96 valence electrons. The SMILES string of the molecule is Cl.NC[C@@H](Cc1cccc2ccccc12)C(=O)O. The molecule has 0 amide bonds. The van der Waals surface area contributed by atoms with Crippen LogP contribution >= 0.6 is 12.4 Å². The summed E-state index contributed by atoms with van der Waals surface area (Å²) in [6.07, 6.45) is 0.479. The molecule has 3 nitrogen and oxygen atoms in total. The molecular formula is C14H16ClNO2. The Hall–Kier alpha value is -1.58. The number of halogens is 1. The first-order valence-corrected chi connectivity index (χ1v) is 5.62. The molecule has 0 aliphatic rings. The molecule has 0 radical (unpaired) electrons. The summed E-state index contributed by atoms with van der Waals surface area (Å²) in [4.78, 5) is 11.0. The monoisotopic (exact) mass is 265 g/mol. The molecule has 2 rings (SSSR count). The van der Waals surface area contributed by atoms with Gasteiger partial charge in [-0.05, 0) is 22.8 Å². The number of fused-ring (bicyclic) bond motifs is 1. The van der Waals surface area contributed by atoms with Crippen LogP contribution in [0.1, 0.15) is 5.56 Å². The van der Waals surface area contributed by atoms with Gasteiger partial charge < -0.3 is 10.8 Å². The van der Waals surface area contributed by atoms with Crippen LogP contribution < -0.4 is 5.73 Å². The van der Waals surface area contributed by atoms with Crippen molar-refractivity contribution >= 4 is 29.1 Å². The highest BCUT2D eigenvalue weighted by Gasteiger charge is 2.16. The van der Waals surface area contributed by atoms with Crippen LogP contribution in [0, 0.1) is 5.92 Å². The topological polar surface area (TPSA) is 63.3 Å². The Bertz CT molecular complexity index is 537. The second-order valence-electron chi connectivity index (χ2n) is 4.11. The molecular weight excluding hydrogens is 250 g/mol. The zero-order chi connectivity index (χ0) is 12.3. The highest BCUT2D eigenvalue weighted by atomic mass is 35.5. The molecule has 0 saturated carbocycles. The van der Waals surface area contributed by atoms with Crippen molar-refractivity contribution in [2.24, 2.45) is 11.7 Å². The smallest absolute Gasteiger partial charge is 0.308 e. The van der Waals surface area contributed by atoms with E-state index in [0.717, 1.165) is 16.3 Å². The molecule has 0 spiro atoms. The van der Waals surface area contributed by atoms with Crippen LogP contribution in [0.25, 0.3) is 10.8 Å². The first-order valence-electron chi connectivity index (χ1n) is 5.62. The average molecular weight is 266 g/mol. The fourth-order valence-corrected chi connectivity index (χ4v) is 2.01. The maximum atomic E-state index is 11.0. The summed E-state index contributed by atoms with van der Waals surface area (Å²) in [7, 11) is 0. The number of hydrogen-bond donors (Lipinski definition) is 2. The van der Waals surface area contributed by atoms with E-state index in [9.17, 15) is 4.79 Å². The van der Waals surface area contributed by atoms with Crippen LogP contribution in [-0.2, 0) is 11.2 Å². The van der Waals surface area contributed by atoms with Gasteiger partial charge in [0.15, 0.2) is 0 Å². The first kappa shape index (κ1) is 14.5. The Morgan fingerprint density at radius 3 is 2.50 bits per heavy atom. The van der Waals surface area contributed by atoms with Crippen molar-refractivity contribution in [1.29, 1.82) is 0 Å².